The zero-order chi connectivity index (χ0) is 12.3. The maximum Gasteiger partial charge on any atom is 0.239 e. The molecule has 1 atom stereocenters. The van der Waals surface area contributed by atoms with Crippen molar-refractivity contribution in [2.75, 3.05) is 6.54 Å². The van der Waals surface area contributed by atoms with E-state index in [1.807, 2.05) is 11.0 Å². The van der Waals surface area contributed by atoms with Gasteiger partial charge in [0.15, 0.2) is 0 Å². The summed E-state index contributed by atoms with van der Waals surface area (Å²) < 4.78 is 0. The van der Waals surface area contributed by atoms with Crippen molar-refractivity contribution in [3.05, 3.63) is 35.4 Å². The summed E-state index contributed by atoms with van der Waals surface area (Å²) in [7, 11) is 0. The van der Waals surface area contributed by atoms with Crippen LogP contribution in [0.15, 0.2) is 24.3 Å². The molecule has 4 heteroatoms. The number of carbonyl (C=O) groups is 1. The fourth-order valence-electron chi connectivity index (χ4n) is 2.35. The van der Waals surface area contributed by atoms with Crippen LogP contribution in [0.5, 0.6) is 0 Å². The lowest BCUT2D eigenvalue weighted by molar-refractivity contribution is -0.133. The van der Waals surface area contributed by atoms with E-state index in [0.717, 1.165) is 25.8 Å². The van der Waals surface area contributed by atoms with Gasteiger partial charge >= 0.3 is 0 Å². The van der Waals surface area contributed by atoms with Crippen molar-refractivity contribution < 1.29 is 4.79 Å². The maximum absolute atomic E-state index is 12.1. The van der Waals surface area contributed by atoms with E-state index in [-0.39, 0.29) is 24.4 Å². The summed E-state index contributed by atoms with van der Waals surface area (Å²) in [5.74, 6) is 0.0985. The number of amides is 1. The largest absolute Gasteiger partial charge is 0.337 e. The second-order valence-electron chi connectivity index (χ2n) is 4.67. The number of carbonyl (C=O) groups excluding carboxylic acids is 1. The van der Waals surface area contributed by atoms with Gasteiger partial charge in [-0.2, -0.15) is 0 Å². The van der Waals surface area contributed by atoms with Crippen LogP contribution in [-0.2, 0) is 17.8 Å². The molecule has 0 aromatic heterocycles. The average Bonchev–Trinajstić information content (AvgIpc) is 2.37. The summed E-state index contributed by atoms with van der Waals surface area (Å²) in [6.07, 6.45) is 2.68. The van der Waals surface area contributed by atoms with E-state index in [2.05, 4.69) is 25.1 Å². The summed E-state index contributed by atoms with van der Waals surface area (Å²) in [6, 6.07) is 7.99. The van der Waals surface area contributed by atoms with Gasteiger partial charge < -0.3 is 10.6 Å². The van der Waals surface area contributed by atoms with Crippen LogP contribution in [0.2, 0.25) is 0 Å². The molecule has 1 aromatic carbocycles. The topological polar surface area (TPSA) is 46.3 Å². The Morgan fingerprint density at radius 1 is 1.39 bits per heavy atom. The third-order valence-electron chi connectivity index (χ3n) is 3.36. The van der Waals surface area contributed by atoms with Gasteiger partial charge in [-0.15, -0.1) is 12.4 Å². The number of halogens is 1. The van der Waals surface area contributed by atoms with E-state index in [1.54, 1.807) is 0 Å². The average molecular weight is 269 g/mol. The van der Waals surface area contributed by atoms with Gasteiger partial charge in [0, 0.05) is 13.1 Å². The minimum Gasteiger partial charge on any atom is -0.337 e. The van der Waals surface area contributed by atoms with Gasteiger partial charge in [0.05, 0.1) is 6.04 Å². The van der Waals surface area contributed by atoms with Crippen LogP contribution in [0.1, 0.15) is 30.9 Å². The Hall–Kier alpha value is -1.06. The van der Waals surface area contributed by atoms with E-state index in [4.69, 9.17) is 5.73 Å². The Labute approximate surface area is 115 Å². The smallest absolute Gasteiger partial charge is 0.239 e. The zero-order valence-corrected chi connectivity index (χ0v) is 11.6. The molecule has 1 amide bonds. The number of hydrogen-bond donors (Lipinski definition) is 1. The maximum atomic E-state index is 12.1. The first-order valence-corrected chi connectivity index (χ1v) is 6.33. The highest BCUT2D eigenvalue weighted by molar-refractivity contribution is 5.85. The Bertz CT molecular complexity index is 409. The van der Waals surface area contributed by atoms with Crippen molar-refractivity contribution in [3.63, 3.8) is 0 Å². The van der Waals surface area contributed by atoms with Crippen molar-refractivity contribution in [1.29, 1.82) is 0 Å². The molecule has 0 saturated heterocycles. The fraction of sp³-hybridized carbons (Fsp3) is 0.500. The van der Waals surface area contributed by atoms with Gasteiger partial charge in [0.2, 0.25) is 5.91 Å². The van der Waals surface area contributed by atoms with Crippen molar-refractivity contribution in [2.45, 2.75) is 38.8 Å². The molecule has 0 fully saturated rings. The van der Waals surface area contributed by atoms with Crippen molar-refractivity contribution in [3.8, 4) is 0 Å². The quantitative estimate of drug-likeness (QED) is 0.913. The minimum atomic E-state index is -0.328. The Morgan fingerprint density at radius 3 is 2.72 bits per heavy atom. The van der Waals surface area contributed by atoms with Crippen LogP contribution in [0.4, 0.5) is 0 Å². The molecule has 0 bridgehead atoms. The molecule has 2 rings (SSSR count). The van der Waals surface area contributed by atoms with E-state index >= 15 is 0 Å². The monoisotopic (exact) mass is 268 g/mol. The second kappa shape index (κ2) is 6.76. The lowest BCUT2D eigenvalue weighted by Crippen LogP contribution is -2.45. The highest BCUT2D eigenvalue weighted by Gasteiger charge is 2.23. The van der Waals surface area contributed by atoms with Crippen LogP contribution in [0, 0.1) is 0 Å². The van der Waals surface area contributed by atoms with Gasteiger partial charge in [-0.05, 0) is 24.0 Å². The number of hydrogen-bond acceptors (Lipinski definition) is 2. The Kier molecular flexibility index (Phi) is 5.63. The Morgan fingerprint density at radius 2 is 2.06 bits per heavy atom. The summed E-state index contributed by atoms with van der Waals surface area (Å²) in [4.78, 5) is 14.0. The number of nitrogens with two attached hydrogens (primary N) is 1. The van der Waals surface area contributed by atoms with Gasteiger partial charge in [-0.1, -0.05) is 37.6 Å². The molecule has 0 aliphatic carbocycles. The molecule has 1 aliphatic rings. The minimum absolute atomic E-state index is 0. The third kappa shape index (κ3) is 3.24. The molecule has 0 saturated carbocycles. The second-order valence-corrected chi connectivity index (χ2v) is 4.67. The number of rotatable bonds is 3. The summed E-state index contributed by atoms with van der Waals surface area (Å²) in [5, 5.41) is 0. The molecule has 1 heterocycles. The predicted octanol–water partition coefficient (Wildman–Crippen LogP) is 2.12. The Balaban J connectivity index is 0.00000162. The van der Waals surface area contributed by atoms with Crippen molar-refractivity contribution >= 4 is 18.3 Å². The zero-order valence-electron chi connectivity index (χ0n) is 10.8. The lowest BCUT2D eigenvalue weighted by Gasteiger charge is -2.30. The molecule has 0 radical (unpaired) electrons. The molecule has 0 spiro atoms. The summed E-state index contributed by atoms with van der Waals surface area (Å²) >= 11 is 0. The molecule has 2 N–H and O–H groups in total. The van der Waals surface area contributed by atoms with Gasteiger partial charge in [0.25, 0.3) is 0 Å². The van der Waals surface area contributed by atoms with Gasteiger partial charge in [-0.3, -0.25) is 4.79 Å². The molecule has 3 nitrogen and oxygen atoms in total. The summed E-state index contributed by atoms with van der Waals surface area (Å²) in [5.41, 5.74) is 8.51. The standard InChI is InChI=1S/C14H20N2O.ClH/c1-2-5-13(15)14(17)16-9-8-11-6-3-4-7-12(11)10-16;/h3-4,6-7,13H,2,5,8-10,15H2,1H3;1H. The molecule has 1 unspecified atom stereocenters. The van der Waals surface area contributed by atoms with E-state index in [0.29, 0.717) is 6.54 Å². The van der Waals surface area contributed by atoms with Crippen molar-refractivity contribution in [2.24, 2.45) is 5.73 Å². The molecule has 1 aromatic rings. The third-order valence-corrected chi connectivity index (χ3v) is 3.36. The normalized spacial score (nSPS) is 15.6. The van der Waals surface area contributed by atoms with Crippen molar-refractivity contribution in [1.82, 2.24) is 4.90 Å². The highest BCUT2D eigenvalue weighted by atomic mass is 35.5. The van der Waals surface area contributed by atoms with Crippen LogP contribution >= 0.6 is 12.4 Å². The van der Waals surface area contributed by atoms with E-state index in [9.17, 15) is 4.79 Å². The number of nitrogens with zero attached hydrogens (tertiary/aromatic N) is 1. The van der Waals surface area contributed by atoms with E-state index in [1.165, 1.54) is 11.1 Å². The first kappa shape index (κ1) is 15.0. The summed E-state index contributed by atoms with van der Waals surface area (Å²) in [6.45, 7) is 3.57. The van der Waals surface area contributed by atoms with Gasteiger partial charge in [-0.25, -0.2) is 0 Å². The first-order chi connectivity index (χ1) is 8.22. The van der Waals surface area contributed by atoms with Crippen LogP contribution in [0.3, 0.4) is 0 Å². The molecule has 100 valence electrons. The molecular formula is C14H21ClN2O. The lowest BCUT2D eigenvalue weighted by atomic mass is 9.99. The van der Waals surface area contributed by atoms with E-state index < -0.39 is 0 Å². The molecule has 1 aliphatic heterocycles. The number of fused-ring (bicyclic) bond motifs is 1. The molecule has 18 heavy (non-hydrogen) atoms. The first-order valence-electron chi connectivity index (χ1n) is 6.33. The molecular weight excluding hydrogens is 248 g/mol. The van der Waals surface area contributed by atoms with Crippen LogP contribution in [0.25, 0.3) is 0 Å². The fourth-order valence-corrected chi connectivity index (χ4v) is 2.35. The predicted molar refractivity (Wildman–Crippen MR) is 75.7 cm³/mol. The number of benzene rings is 1. The van der Waals surface area contributed by atoms with Crippen LogP contribution < -0.4 is 5.73 Å². The van der Waals surface area contributed by atoms with Gasteiger partial charge in [0.1, 0.15) is 0 Å². The highest BCUT2D eigenvalue weighted by Crippen LogP contribution is 2.19. The SMILES string of the molecule is CCCC(N)C(=O)N1CCc2ccccc2C1.Cl. The van der Waals surface area contributed by atoms with Crippen LogP contribution in [-0.4, -0.2) is 23.4 Å².